The van der Waals surface area contributed by atoms with Gasteiger partial charge in [0, 0.05) is 24.4 Å². The molecule has 0 aliphatic rings. The molecule has 0 saturated carbocycles. The fourth-order valence-corrected chi connectivity index (χ4v) is 2.04. The van der Waals surface area contributed by atoms with Crippen LogP contribution in [0.1, 0.15) is 17.3 Å². The largest absolute Gasteiger partial charge is 0.573 e. The smallest absolute Gasteiger partial charge is 0.406 e. The SMILES string of the molecule is CNC(Cc1ccccn1)c1cccc(OC(F)(F)F)c1. The monoisotopic (exact) mass is 296 g/mol. The van der Waals surface area contributed by atoms with E-state index >= 15 is 0 Å². The predicted molar refractivity (Wildman–Crippen MR) is 72.9 cm³/mol. The quantitative estimate of drug-likeness (QED) is 0.917. The highest BCUT2D eigenvalue weighted by molar-refractivity contribution is 5.31. The molecule has 2 rings (SSSR count). The van der Waals surface area contributed by atoms with E-state index in [4.69, 9.17) is 0 Å². The summed E-state index contributed by atoms with van der Waals surface area (Å²) >= 11 is 0. The van der Waals surface area contributed by atoms with Gasteiger partial charge < -0.3 is 10.1 Å². The molecule has 1 aromatic carbocycles. The average molecular weight is 296 g/mol. The van der Waals surface area contributed by atoms with Crippen molar-refractivity contribution in [2.45, 2.75) is 18.8 Å². The highest BCUT2D eigenvalue weighted by atomic mass is 19.4. The molecule has 3 nitrogen and oxygen atoms in total. The Morgan fingerprint density at radius 2 is 2.00 bits per heavy atom. The van der Waals surface area contributed by atoms with Crippen molar-refractivity contribution in [3.05, 3.63) is 59.9 Å². The molecule has 0 saturated heterocycles. The van der Waals surface area contributed by atoms with Gasteiger partial charge in [-0.25, -0.2) is 0 Å². The summed E-state index contributed by atoms with van der Waals surface area (Å²) in [5, 5.41) is 3.08. The zero-order valence-electron chi connectivity index (χ0n) is 11.4. The van der Waals surface area contributed by atoms with Gasteiger partial charge in [-0.05, 0) is 36.9 Å². The maximum absolute atomic E-state index is 12.3. The molecule has 6 heteroatoms. The number of hydrogen-bond acceptors (Lipinski definition) is 3. The number of nitrogens with zero attached hydrogens (tertiary/aromatic N) is 1. The second kappa shape index (κ2) is 6.58. The van der Waals surface area contributed by atoms with Crippen LogP contribution in [-0.4, -0.2) is 18.4 Å². The molecule has 0 amide bonds. The van der Waals surface area contributed by atoms with Crippen LogP contribution in [0.5, 0.6) is 5.75 Å². The van der Waals surface area contributed by atoms with E-state index in [1.165, 1.54) is 12.1 Å². The van der Waals surface area contributed by atoms with Crippen molar-refractivity contribution >= 4 is 0 Å². The normalized spacial score (nSPS) is 13.0. The molecule has 0 fully saturated rings. The number of aromatic nitrogens is 1. The third-order valence-electron chi connectivity index (χ3n) is 2.98. The summed E-state index contributed by atoms with van der Waals surface area (Å²) in [6.07, 6.45) is -2.42. The van der Waals surface area contributed by atoms with Crippen molar-refractivity contribution in [3.8, 4) is 5.75 Å². The molecule has 1 unspecified atom stereocenters. The molecule has 1 N–H and O–H groups in total. The Morgan fingerprint density at radius 3 is 2.62 bits per heavy atom. The minimum Gasteiger partial charge on any atom is -0.406 e. The average Bonchev–Trinajstić information content (AvgIpc) is 2.44. The number of benzene rings is 1. The van der Waals surface area contributed by atoms with Crippen LogP contribution in [-0.2, 0) is 6.42 Å². The van der Waals surface area contributed by atoms with E-state index in [9.17, 15) is 13.2 Å². The van der Waals surface area contributed by atoms with Crippen LogP contribution < -0.4 is 10.1 Å². The molecule has 0 radical (unpaired) electrons. The fourth-order valence-electron chi connectivity index (χ4n) is 2.04. The number of alkyl halides is 3. The van der Waals surface area contributed by atoms with Gasteiger partial charge in [0.2, 0.25) is 0 Å². The van der Waals surface area contributed by atoms with Crippen LogP contribution in [0.2, 0.25) is 0 Å². The van der Waals surface area contributed by atoms with Gasteiger partial charge in [0.1, 0.15) is 5.75 Å². The highest BCUT2D eigenvalue weighted by Gasteiger charge is 2.31. The van der Waals surface area contributed by atoms with E-state index in [1.807, 2.05) is 18.2 Å². The number of nitrogens with one attached hydrogen (secondary N) is 1. The summed E-state index contributed by atoms with van der Waals surface area (Å²) in [5.74, 6) is -0.221. The molecule has 21 heavy (non-hydrogen) atoms. The van der Waals surface area contributed by atoms with Gasteiger partial charge in [-0.3, -0.25) is 4.98 Å². The van der Waals surface area contributed by atoms with Gasteiger partial charge in [0.15, 0.2) is 0 Å². The Bertz CT molecular complexity index is 573. The van der Waals surface area contributed by atoms with Crippen LogP contribution in [0, 0.1) is 0 Å². The van der Waals surface area contributed by atoms with Crippen molar-refractivity contribution in [2.75, 3.05) is 7.05 Å². The molecule has 1 heterocycles. The zero-order chi connectivity index (χ0) is 15.3. The summed E-state index contributed by atoms with van der Waals surface area (Å²) in [7, 11) is 1.75. The molecule has 0 aliphatic carbocycles. The lowest BCUT2D eigenvalue weighted by Crippen LogP contribution is -2.20. The summed E-state index contributed by atoms with van der Waals surface area (Å²) < 4.78 is 40.7. The van der Waals surface area contributed by atoms with Crippen molar-refractivity contribution in [1.82, 2.24) is 10.3 Å². The molecule has 0 bridgehead atoms. The first-order valence-electron chi connectivity index (χ1n) is 6.41. The summed E-state index contributed by atoms with van der Waals surface area (Å²) in [4.78, 5) is 4.22. The zero-order valence-corrected chi connectivity index (χ0v) is 11.4. The fraction of sp³-hybridized carbons (Fsp3) is 0.267. The maximum Gasteiger partial charge on any atom is 0.573 e. The Kier molecular flexibility index (Phi) is 4.80. The number of hydrogen-bond donors (Lipinski definition) is 1. The summed E-state index contributed by atoms with van der Waals surface area (Å²) in [6, 6.07) is 11.4. The van der Waals surface area contributed by atoms with E-state index in [1.54, 1.807) is 25.4 Å². The number of rotatable bonds is 5. The van der Waals surface area contributed by atoms with Crippen molar-refractivity contribution < 1.29 is 17.9 Å². The van der Waals surface area contributed by atoms with E-state index in [-0.39, 0.29) is 11.8 Å². The number of ether oxygens (including phenoxy) is 1. The second-order valence-corrected chi connectivity index (χ2v) is 4.49. The Labute approximate surface area is 120 Å². The van der Waals surface area contributed by atoms with Crippen molar-refractivity contribution in [3.63, 3.8) is 0 Å². The van der Waals surface area contributed by atoms with E-state index < -0.39 is 6.36 Å². The summed E-state index contributed by atoms with van der Waals surface area (Å²) in [6.45, 7) is 0. The third-order valence-corrected chi connectivity index (χ3v) is 2.98. The van der Waals surface area contributed by atoms with Crippen molar-refractivity contribution in [1.29, 1.82) is 0 Å². The molecule has 1 aromatic heterocycles. The highest BCUT2D eigenvalue weighted by Crippen LogP contribution is 2.26. The number of pyridine rings is 1. The van der Waals surface area contributed by atoms with Gasteiger partial charge in [-0.2, -0.15) is 0 Å². The Hall–Kier alpha value is -2.08. The van der Waals surface area contributed by atoms with Gasteiger partial charge in [-0.15, -0.1) is 13.2 Å². The van der Waals surface area contributed by atoms with Crippen molar-refractivity contribution in [2.24, 2.45) is 0 Å². The lowest BCUT2D eigenvalue weighted by atomic mass is 10.0. The minimum atomic E-state index is -4.69. The topological polar surface area (TPSA) is 34.2 Å². The van der Waals surface area contributed by atoms with Gasteiger partial charge in [-0.1, -0.05) is 18.2 Å². The molecule has 0 spiro atoms. The van der Waals surface area contributed by atoms with Crippen LogP contribution in [0.25, 0.3) is 0 Å². The Morgan fingerprint density at radius 1 is 1.19 bits per heavy atom. The van der Waals surface area contributed by atoms with Gasteiger partial charge in [0.05, 0.1) is 0 Å². The molecule has 0 aliphatic heterocycles. The maximum atomic E-state index is 12.3. The van der Waals surface area contributed by atoms with Crippen LogP contribution in [0.4, 0.5) is 13.2 Å². The molecular weight excluding hydrogens is 281 g/mol. The molecule has 112 valence electrons. The first-order chi connectivity index (χ1) is 9.98. The summed E-state index contributed by atoms with van der Waals surface area (Å²) in [5.41, 5.74) is 1.57. The van der Waals surface area contributed by atoms with E-state index in [0.29, 0.717) is 12.0 Å². The third kappa shape index (κ3) is 4.75. The first kappa shape index (κ1) is 15.3. The number of likely N-dealkylation sites (N-methyl/N-ethyl adjacent to an activating group) is 1. The lowest BCUT2D eigenvalue weighted by Gasteiger charge is -2.17. The van der Waals surface area contributed by atoms with E-state index in [0.717, 1.165) is 5.69 Å². The second-order valence-electron chi connectivity index (χ2n) is 4.49. The minimum absolute atomic E-state index is 0.142. The molecular formula is C15H15F3N2O. The molecule has 2 aromatic rings. The van der Waals surface area contributed by atoms with Gasteiger partial charge in [0.25, 0.3) is 0 Å². The van der Waals surface area contributed by atoms with Crippen LogP contribution in [0.3, 0.4) is 0 Å². The molecule has 1 atom stereocenters. The van der Waals surface area contributed by atoms with E-state index in [2.05, 4.69) is 15.0 Å². The van der Waals surface area contributed by atoms with Crippen LogP contribution in [0.15, 0.2) is 48.7 Å². The number of halogens is 3. The standard InChI is InChI=1S/C15H15F3N2O/c1-19-14(10-12-6-2-3-8-20-12)11-5-4-7-13(9-11)21-15(16,17)18/h2-9,14,19H,10H2,1H3. The van der Waals surface area contributed by atoms with Gasteiger partial charge >= 0.3 is 6.36 Å². The Balaban J connectivity index is 2.16. The lowest BCUT2D eigenvalue weighted by molar-refractivity contribution is -0.274. The first-order valence-corrected chi connectivity index (χ1v) is 6.41. The van der Waals surface area contributed by atoms with Crippen LogP contribution >= 0.6 is 0 Å². The predicted octanol–water partition coefficient (Wildman–Crippen LogP) is 3.48.